The Morgan fingerprint density at radius 1 is 1.18 bits per heavy atom. The number of thiazole rings is 1. The van der Waals surface area contributed by atoms with Crippen LogP contribution in [-0.4, -0.2) is 28.2 Å². The molecule has 1 aliphatic carbocycles. The second-order valence-electron chi connectivity index (χ2n) is 9.05. The highest BCUT2D eigenvalue weighted by molar-refractivity contribution is 7.99. The van der Waals surface area contributed by atoms with Gasteiger partial charge in [0.15, 0.2) is 5.13 Å². The Morgan fingerprint density at radius 3 is 2.76 bits per heavy atom. The molecule has 1 unspecified atom stereocenters. The molecule has 2 heterocycles. The number of thioether (sulfide) groups is 1. The van der Waals surface area contributed by atoms with E-state index in [-0.39, 0.29) is 5.91 Å². The molecule has 0 fully saturated rings. The number of carbonyl (C=O) groups is 1. The van der Waals surface area contributed by atoms with E-state index in [1.54, 1.807) is 0 Å². The van der Waals surface area contributed by atoms with Gasteiger partial charge < -0.3 is 10.1 Å². The van der Waals surface area contributed by atoms with Crippen LogP contribution in [-0.2, 0) is 17.6 Å². The van der Waals surface area contributed by atoms with Crippen molar-refractivity contribution in [2.75, 3.05) is 17.7 Å². The maximum Gasteiger partial charge on any atom is 0.226 e. The highest BCUT2D eigenvalue weighted by Crippen LogP contribution is 2.34. The summed E-state index contributed by atoms with van der Waals surface area (Å²) in [6.07, 6.45) is 3.16. The number of carbonyl (C=O) groups excluding carboxylic acids is 1. The molecule has 2 aromatic heterocycles. The molecule has 1 atom stereocenters. The van der Waals surface area contributed by atoms with Crippen molar-refractivity contribution in [3.05, 3.63) is 88.4 Å². The molecule has 6 nitrogen and oxygen atoms in total. The van der Waals surface area contributed by atoms with Crippen LogP contribution in [0.25, 0.3) is 11.3 Å². The van der Waals surface area contributed by atoms with Gasteiger partial charge in [-0.2, -0.15) is 5.26 Å². The van der Waals surface area contributed by atoms with Crippen LogP contribution in [0.5, 0.6) is 5.75 Å². The number of ether oxygens (including phenoxy) is 1. The minimum atomic E-state index is -0.104. The van der Waals surface area contributed by atoms with Crippen LogP contribution in [0.1, 0.15) is 48.1 Å². The zero-order chi connectivity index (χ0) is 26.3. The minimum absolute atomic E-state index is 0.104. The molecule has 0 saturated carbocycles. The van der Waals surface area contributed by atoms with Crippen molar-refractivity contribution in [2.45, 2.75) is 43.6 Å². The van der Waals surface area contributed by atoms with Crippen LogP contribution in [0.15, 0.2) is 71.1 Å². The van der Waals surface area contributed by atoms with Crippen molar-refractivity contribution in [2.24, 2.45) is 0 Å². The summed E-state index contributed by atoms with van der Waals surface area (Å²) in [5, 5.41) is 15.9. The lowest BCUT2D eigenvalue weighted by molar-refractivity contribution is -0.115. The van der Waals surface area contributed by atoms with Crippen LogP contribution in [0.3, 0.4) is 0 Å². The maximum absolute atomic E-state index is 12.6. The van der Waals surface area contributed by atoms with E-state index in [4.69, 9.17) is 9.72 Å². The third kappa shape index (κ3) is 6.24. The first-order chi connectivity index (χ1) is 18.6. The molecular formula is C30H28N4O2S2. The summed E-state index contributed by atoms with van der Waals surface area (Å²) in [5.41, 5.74) is 5.95. The molecule has 0 spiro atoms. The number of nitrogens with zero attached hydrogens (tertiary/aromatic N) is 3. The van der Waals surface area contributed by atoms with Crippen LogP contribution in [0.2, 0.25) is 0 Å². The highest BCUT2D eigenvalue weighted by atomic mass is 32.2. The van der Waals surface area contributed by atoms with E-state index in [1.807, 2.05) is 48.7 Å². The summed E-state index contributed by atoms with van der Waals surface area (Å²) in [7, 11) is 0. The van der Waals surface area contributed by atoms with Gasteiger partial charge in [0.2, 0.25) is 5.91 Å². The Kier molecular flexibility index (Phi) is 8.37. The van der Waals surface area contributed by atoms with Gasteiger partial charge >= 0.3 is 0 Å². The van der Waals surface area contributed by atoms with E-state index in [0.717, 1.165) is 47.5 Å². The Morgan fingerprint density at radius 2 is 2.00 bits per heavy atom. The first kappa shape index (κ1) is 26.0. The largest absolute Gasteiger partial charge is 0.494 e. The molecule has 1 amide bonds. The lowest BCUT2D eigenvalue weighted by Crippen LogP contribution is -2.15. The molecule has 0 aliphatic heterocycles. The Balaban J connectivity index is 1.15. The molecule has 0 radical (unpaired) electrons. The molecule has 0 bridgehead atoms. The van der Waals surface area contributed by atoms with E-state index in [1.165, 1.54) is 28.7 Å². The van der Waals surface area contributed by atoms with Crippen molar-refractivity contribution < 1.29 is 9.53 Å². The second-order valence-corrected chi connectivity index (χ2v) is 11.0. The van der Waals surface area contributed by atoms with Crippen molar-refractivity contribution in [1.29, 1.82) is 5.26 Å². The van der Waals surface area contributed by atoms with Gasteiger partial charge in [-0.15, -0.1) is 23.1 Å². The van der Waals surface area contributed by atoms with E-state index in [9.17, 15) is 10.1 Å². The average molecular weight is 541 g/mol. The zero-order valence-corrected chi connectivity index (χ0v) is 22.8. The molecule has 1 N–H and O–H groups in total. The lowest BCUT2D eigenvalue weighted by atomic mass is 9.82. The molecule has 4 aromatic rings. The molecule has 38 heavy (non-hydrogen) atoms. The van der Waals surface area contributed by atoms with Crippen molar-refractivity contribution in [3.63, 3.8) is 0 Å². The number of fused-ring (bicyclic) bond motifs is 1. The number of aryl methyl sites for hydroxylation is 1. The van der Waals surface area contributed by atoms with E-state index in [0.29, 0.717) is 40.4 Å². The number of hydrogen-bond acceptors (Lipinski definition) is 7. The zero-order valence-electron chi connectivity index (χ0n) is 21.1. The molecule has 0 saturated heterocycles. The van der Waals surface area contributed by atoms with E-state index >= 15 is 0 Å². The van der Waals surface area contributed by atoms with Crippen LogP contribution < -0.4 is 10.1 Å². The number of nitriles is 1. The predicted octanol–water partition coefficient (Wildman–Crippen LogP) is 6.87. The summed E-state index contributed by atoms with van der Waals surface area (Å²) >= 11 is 2.87. The van der Waals surface area contributed by atoms with Gasteiger partial charge in [0.25, 0.3) is 0 Å². The van der Waals surface area contributed by atoms with Gasteiger partial charge in [-0.05, 0) is 73.6 Å². The second kappa shape index (κ2) is 12.2. The Bertz CT molecular complexity index is 1450. The molecule has 192 valence electrons. The first-order valence-electron chi connectivity index (χ1n) is 12.7. The van der Waals surface area contributed by atoms with Gasteiger partial charge in [0.05, 0.1) is 17.9 Å². The van der Waals surface area contributed by atoms with Gasteiger partial charge in [0.1, 0.15) is 16.8 Å². The third-order valence-corrected chi connectivity index (χ3v) is 8.27. The lowest BCUT2D eigenvalue weighted by Gasteiger charge is -2.25. The molecule has 5 rings (SSSR count). The van der Waals surface area contributed by atoms with Crippen LogP contribution >= 0.6 is 23.1 Å². The van der Waals surface area contributed by atoms with Crippen molar-refractivity contribution in [3.8, 4) is 23.1 Å². The van der Waals surface area contributed by atoms with Crippen molar-refractivity contribution in [1.82, 2.24) is 9.97 Å². The smallest absolute Gasteiger partial charge is 0.226 e. The first-order valence-corrected chi connectivity index (χ1v) is 14.6. The summed E-state index contributed by atoms with van der Waals surface area (Å²) in [4.78, 5) is 21.9. The maximum atomic E-state index is 12.6. The van der Waals surface area contributed by atoms with Gasteiger partial charge in [-0.3, -0.25) is 4.79 Å². The fraction of sp³-hybridized carbons (Fsp3) is 0.267. The van der Waals surface area contributed by atoms with Crippen LogP contribution in [0, 0.1) is 11.3 Å². The monoisotopic (exact) mass is 540 g/mol. The predicted molar refractivity (Wildman–Crippen MR) is 153 cm³/mol. The standard InChI is InChI=1S/C30H28N4O2S2/c1-2-36-25-11-8-21(9-12-25)27-19-38-30(33-27)34-28(35)14-15-37-29-24(18-31)17-23-16-22(10-13-26(23)32-29)20-6-4-3-5-7-20/h3-9,11-12,17,19,22H,2,10,13-16H2,1H3,(H,33,34,35). The summed E-state index contributed by atoms with van der Waals surface area (Å²) < 4.78 is 5.49. The van der Waals surface area contributed by atoms with E-state index in [2.05, 4.69) is 40.6 Å². The number of aromatic nitrogens is 2. The van der Waals surface area contributed by atoms with Gasteiger partial charge in [-0.25, -0.2) is 9.97 Å². The quantitative estimate of drug-likeness (QED) is 0.233. The van der Waals surface area contributed by atoms with E-state index < -0.39 is 0 Å². The summed E-state index contributed by atoms with van der Waals surface area (Å²) in [6, 6.07) is 22.6. The number of rotatable bonds is 9. The SMILES string of the molecule is CCOc1ccc(-c2csc(NC(=O)CCSc3nc4c(cc3C#N)CC(c3ccccc3)CC4)n2)cc1. The normalized spacial score (nSPS) is 14.4. The Hall–Kier alpha value is -3.67. The number of pyridine rings is 1. The third-order valence-electron chi connectivity index (χ3n) is 6.52. The summed E-state index contributed by atoms with van der Waals surface area (Å²) in [6.45, 7) is 2.58. The minimum Gasteiger partial charge on any atom is -0.494 e. The Labute approximate surface area is 231 Å². The topological polar surface area (TPSA) is 87.9 Å². The molecular weight excluding hydrogens is 512 g/mol. The van der Waals surface area contributed by atoms with Crippen LogP contribution in [0.4, 0.5) is 5.13 Å². The van der Waals surface area contributed by atoms with Gasteiger partial charge in [-0.1, -0.05) is 30.3 Å². The number of hydrogen-bond donors (Lipinski definition) is 1. The molecule has 2 aromatic carbocycles. The number of anilines is 1. The molecule has 8 heteroatoms. The number of benzene rings is 2. The van der Waals surface area contributed by atoms with Gasteiger partial charge in [0, 0.05) is 28.8 Å². The number of nitrogens with one attached hydrogen (secondary N) is 1. The van der Waals surface area contributed by atoms with Crippen molar-refractivity contribution >= 4 is 34.1 Å². The fourth-order valence-corrected chi connectivity index (χ4v) is 6.27. The summed E-state index contributed by atoms with van der Waals surface area (Å²) in [5.74, 6) is 1.71. The fourth-order valence-electron chi connectivity index (χ4n) is 4.62. The highest BCUT2D eigenvalue weighted by Gasteiger charge is 2.23. The molecule has 1 aliphatic rings. The number of amides is 1. The average Bonchev–Trinajstić information content (AvgIpc) is 3.41.